The Labute approximate surface area is 263 Å². The number of benzene rings is 2. The zero-order valence-electron chi connectivity index (χ0n) is 21.2. The first-order valence-electron chi connectivity index (χ1n) is 13.0. The van der Waals surface area contributed by atoms with Crippen molar-refractivity contribution in [1.29, 1.82) is 0 Å². The minimum Gasteiger partial charge on any atom is -0.364 e. The molecule has 6 heterocycles. The minimum atomic E-state index is -0.538. The molecule has 4 aromatic rings. The Balaban J connectivity index is 0.000000135. The number of hydrogen-bond acceptors (Lipinski definition) is 4. The van der Waals surface area contributed by atoms with Gasteiger partial charge in [-0.25, -0.2) is 18.7 Å². The smallest absolute Gasteiger partial charge is 0.270 e. The average Bonchev–Trinajstić information content (AvgIpc) is 3.31. The number of primary amides is 2. The van der Waals surface area contributed by atoms with Gasteiger partial charge < -0.3 is 20.6 Å². The van der Waals surface area contributed by atoms with Crippen molar-refractivity contribution in [3.63, 3.8) is 0 Å². The summed E-state index contributed by atoms with van der Waals surface area (Å²) in [6, 6.07) is 7.30. The molecule has 41 heavy (non-hydrogen) atoms. The molecule has 10 rings (SSSR count). The fourth-order valence-electron chi connectivity index (χ4n) is 6.39. The van der Waals surface area contributed by atoms with E-state index in [1.165, 1.54) is 0 Å². The molecule has 0 unspecified atom stereocenters. The van der Waals surface area contributed by atoms with E-state index in [9.17, 15) is 18.4 Å². The summed E-state index contributed by atoms with van der Waals surface area (Å²) in [5.41, 5.74) is 15.0. The summed E-state index contributed by atoms with van der Waals surface area (Å²) >= 11 is 8.57. The van der Waals surface area contributed by atoms with Gasteiger partial charge in [0.1, 0.15) is 32.7 Å². The van der Waals surface area contributed by atoms with Crippen LogP contribution in [0.2, 0.25) is 0 Å². The number of carbonyl (C=O) groups excluding carboxylic acids is 2. The lowest BCUT2D eigenvalue weighted by Gasteiger charge is -2.34. The van der Waals surface area contributed by atoms with Crippen LogP contribution in [0.25, 0.3) is 22.8 Å². The van der Waals surface area contributed by atoms with Crippen molar-refractivity contribution in [2.45, 2.75) is 49.6 Å². The van der Waals surface area contributed by atoms with Crippen LogP contribution in [0, 0.1) is 15.3 Å². The number of amides is 2. The van der Waals surface area contributed by atoms with Crippen LogP contribution in [0.1, 0.15) is 81.7 Å². The molecular weight excluding hydrogens is 777 g/mol. The maximum absolute atomic E-state index is 13.9. The third kappa shape index (κ3) is 4.21. The maximum atomic E-state index is 13.9. The van der Waals surface area contributed by atoms with Gasteiger partial charge in [0.25, 0.3) is 11.8 Å². The number of hydrogen-bond donors (Lipinski definition) is 2. The van der Waals surface area contributed by atoms with Crippen molar-refractivity contribution in [2.24, 2.45) is 11.5 Å². The Hall–Kier alpha value is -2.65. The minimum absolute atomic E-state index is 0.261. The number of nitrogens with two attached hydrogens (primary N) is 2. The third-order valence-electron chi connectivity index (χ3n) is 8.60. The molecule has 4 aliphatic heterocycles. The number of rotatable bonds is 2. The summed E-state index contributed by atoms with van der Waals surface area (Å²) in [7, 11) is 0. The molecule has 2 saturated carbocycles. The first-order valence-corrected chi connectivity index (χ1v) is 15.6. The Morgan fingerprint density at radius 3 is 1.90 bits per heavy atom. The van der Waals surface area contributed by atoms with Gasteiger partial charge in [-0.1, -0.05) is 0 Å². The van der Waals surface area contributed by atoms with Gasteiger partial charge in [0.05, 0.1) is 8.95 Å². The third-order valence-corrected chi connectivity index (χ3v) is 10.8. The Kier molecular flexibility index (Phi) is 6.43. The normalized spacial score (nSPS) is 22.3. The van der Waals surface area contributed by atoms with Crippen LogP contribution in [0.3, 0.4) is 0 Å². The molecule has 0 radical (unpaired) electrons. The van der Waals surface area contributed by atoms with E-state index in [-0.39, 0.29) is 17.3 Å². The zero-order chi connectivity index (χ0) is 28.9. The lowest BCUT2D eigenvalue weighted by Crippen LogP contribution is -2.24. The van der Waals surface area contributed by atoms with Crippen LogP contribution < -0.4 is 11.5 Å². The Morgan fingerprint density at radius 1 is 0.829 bits per heavy atom. The van der Waals surface area contributed by atoms with E-state index in [0.717, 1.165) is 51.6 Å². The summed E-state index contributed by atoms with van der Waals surface area (Å²) < 4.78 is 33.3. The highest BCUT2D eigenvalue weighted by molar-refractivity contribution is 14.1. The fraction of sp³-hybridized carbons (Fsp3) is 0.286. The maximum Gasteiger partial charge on any atom is 0.270 e. The van der Waals surface area contributed by atoms with Gasteiger partial charge in [0.2, 0.25) is 0 Å². The molecule has 13 heteroatoms. The number of halogens is 5. The monoisotopic (exact) mass is 796 g/mol. The summed E-state index contributed by atoms with van der Waals surface area (Å²) in [4.78, 5) is 31.7. The van der Waals surface area contributed by atoms with Gasteiger partial charge in [-0.05, 0) is 127 Å². The molecule has 0 saturated heterocycles. The molecule has 2 fully saturated rings. The van der Waals surface area contributed by atoms with Crippen molar-refractivity contribution < 1.29 is 18.4 Å². The number of imidazole rings is 2. The van der Waals surface area contributed by atoms with Crippen molar-refractivity contribution in [3.8, 4) is 22.8 Å². The Bertz CT molecular complexity index is 1810. The predicted octanol–water partition coefficient (Wildman–Crippen LogP) is 6.57. The van der Waals surface area contributed by atoms with E-state index in [2.05, 4.69) is 69.0 Å². The van der Waals surface area contributed by atoms with Crippen LogP contribution in [0.15, 0.2) is 39.4 Å². The fourth-order valence-corrected chi connectivity index (χ4v) is 8.09. The van der Waals surface area contributed by atoms with Crippen LogP contribution in [0.5, 0.6) is 0 Å². The summed E-state index contributed by atoms with van der Waals surface area (Å²) in [5.74, 6) is 0.568. The van der Waals surface area contributed by atoms with Gasteiger partial charge in [-0.2, -0.15) is 0 Å². The average molecular weight is 798 g/mol. The predicted molar refractivity (Wildman–Crippen MR) is 162 cm³/mol. The second-order valence-corrected chi connectivity index (χ2v) is 13.6. The van der Waals surface area contributed by atoms with Gasteiger partial charge >= 0.3 is 0 Å². The largest absolute Gasteiger partial charge is 0.364 e. The topological polar surface area (TPSA) is 122 Å². The van der Waals surface area contributed by atoms with Crippen molar-refractivity contribution in [3.05, 3.63) is 77.3 Å². The van der Waals surface area contributed by atoms with E-state index >= 15 is 0 Å². The highest BCUT2D eigenvalue weighted by atomic mass is 127. The van der Waals surface area contributed by atoms with E-state index in [4.69, 9.17) is 11.5 Å². The van der Waals surface area contributed by atoms with Crippen molar-refractivity contribution in [1.82, 2.24) is 19.1 Å². The molecule has 2 aliphatic carbocycles. The van der Waals surface area contributed by atoms with Crippen LogP contribution >= 0.6 is 54.5 Å². The van der Waals surface area contributed by atoms with Gasteiger partial charge in [-0.3, -0.25) is 9.59 Å². The molecule has 0 spiro atoms. The second-order valence-electron chi connectivity index (χ2n) is 10.9. The first-order chi connectivity index (χ1) is 19.5. The lowest BCUT2D eigenvalue weighted by molar-refractivity contribution is 0.0987. The van der Waals surface area contributed by atoms with E-state index in [1.54, 1.807) is 30.5 Å². The molecule has 2 aromatic heterocycles. The van der Waals surface area contributed by atoms with Gasteiger partial charge in [0.15, 0.2) is 5.69 Å². The molecular formula is C28H21Br2F2IN6O2. The van der Waals surface area contributed by atoms with Crippen LogP contribution in [-0.4, -0.2) is 30.9 Å². The van der Waals surface area contributed by atoms with E-state index in [1.807, 2.05) is 4.57 Å². The van der Waals surface area contributed by atoms with Crippen LogP contribution in [0.4, 0.5) is 8.78 Å². The standard InChI is InChI=1S/C14H10BrFIN3O.C14H11BrFN3O/c15-9-3-8-7(4-10(9)16)5-1-6(2-5)20-12(17)11(13(18)21)19-14(8)20;15-10-3-9-8(4-11(10)16)6-1-7(2-6)19-5-12(13(17)20)18-14(9)19/h3-6H,1-2H2,(H2,18,21);3-7H,1-2H2,(H2,17,20). The van der Waals surface area contributed by atoms with Crippen molar-refractivity contribution >= 4 is 66.3 Å². The summed E-state index contributed by atoms with van der Waals surface area (Å²) in [5, 5.41) is 0. The molecule has 6 aliphatic rings. The van der Waals surface area contributed by atoms with E-state index < -0.39 is 11.8 Å². The number of carbonyl (C=O) groups is 2. The van der Waals surface area contributed by atoms with E-state index in [0.29, 0.717) is 50.2 Å². The highest BCUT2D eigenvalue weighted by Gasteiger charge is 2.41. The molecule has 2 amide bonds. The molecule has 8 nitrogen and oxygen atoms in total. The number of aromatic nitrogens is 4. The lowest BCUT2D eigenvalue weighted by atomic mass is 9.76. The molecule has 0 atom stereocenters. The quantitative estimate of drug-likeness (QED) is 0.223. The zero-order valence-corrected chi connectivity index (χ0v) is 26.5. The molecule has 4 bridgehead atoms. The second kappa shape index (κ2) is 9.69. The SMILES string of the molecule is NC(=O)c1cn2c(n1)-c1cc(Br)c(F)cc1C1CC2C1.NC(=O)c1nc2n(c1I)C1CC(C1)c1cc(F)c(Br)cc1-2. The van der Waals surface area contributed by atoms with Gasteiger partial charge in [-0.15, -0.1) is 0 Å². The molecule has 210 valence electrons. The number of nitrogens with zero attached hydrogens (tertiary/aromatic N) is 4. The molecule has 4 N–H and O–H groups in total. The first kappa shape index (κ1) is 27.2. The van der Waals surface area contributed by atoms with Crippen molar-refractivity contribution in [2.75, 3.05) is 0 Å². The highest BCUT2D eigenvalue weighted by Crippen LogP contribution is 2.54. The summed E-state index contributed by atoms with van der Waals surface area (Å²) in [6.07, 6.45) is 5.52. The van der Waals surface area contributed by atoms with Gasteiger partial charge in [0, 0.05) is 29.4 Å². The van der Waals surface area contributed by atoms with Crippen LogP contribution in [-0.2, 0) is 0 Å². The molecule has 2 aromatic carbocycles. The Morgan fingerprint density at radius 2 is 1.37 bits per heavy atom. The summed E-state index contributed by atoms with van der Waals surface area (Å²) in [6.45, 7) is 0.